The molecular weight excluding hydrogens is 348 g/mol. The molecule has 1 aliphatic rings. The fourth-order valence-corrected chi connectivity index (χ4v) is 2.64. The molecule has 1 rings (SSSR count). The monoisotopic (exact) mass is 362 g/mol. The predicted molar refractivity (Wildman–Crippen MR) is 44.8 cm³/mol. The summed E-state index contributed by atoms with van der Waals surface area (Å²) in [5.74, 6) is -0.656. The SMILES string of the molecule is CC1(C(=O)O)CCC([O][Tl])CC1. The van der Waals surface area contributed by atoms with Crippen molar-refractivity contribution in [3.63, 3.8) is 0 Å². The number of carboxylic acid groups (broad SMARTS) is 1. The molecule has 1 N–H and O–H groups in total. The van der Waals surface area contributed by atoms with E-state index in [1.165, 1.54) is 0 Å². The van der Waals surface area contributed by atoms with Crippen LogP contribution in [0.1, 0.15) is 32.6 Å². The number of hydrogen-bond acceptors (Lipinski definition) is 2. The van der Waals surface area contributed by atoms with Crippen LogP contribution in [0.15, 0.2) is 0 Å². The fourth-order valence-electron chi connectivity index (χ4n) is 1.58. The average Bonchev–Trinajstić information content (AvgIpc) is 2.06. The Kier molecular flexibility index (Phi) is 3.51. The van der Waals surface area contributed by atoms with Crippen LogP contribution in [0.5, 0.6) is 0 Å². The van der Waals surface area contributed by atoms with E-state index in [2.05, 4.69) is 0 Å². The Morgan fingerprint density at radius 2 is 2.08 bits per heavy atom. The van der Waals surface area contributed by atoms with Gasteiger partial charge in [-0.25, -0.2) is 0 Å². The summed E-state index contributed by atoms with van der Waals surface area (Å²) in [5.41, 5.74) is -0.486. The molecule has 1 fully saturated rings. The van der Waals surface area contributed by atoms with Crippen LogP contribution in [0.25, 0.3) is 0 Å². The van der Waals surface area contributed by atoms with Crippen LogP contribution < -0.4 is 0 Å². The number of hydrogen-bond donors (Lipinski definition) is 1. The molecule has 0 radical (unpaired) electrons. The maximum atomic E-state index is 10.8. The van der Waals surface area contributed by atoms with E-state index in [-0.39, 0.29) is 0 Å². The van der Waals surface area contributed by atoms with E-state index < -0.39 is 11.4 Å². The summed E-state index contributed by atoms with van der Waals surface area (Å²) in [7, 11) is 0. The van der Waals surface area contributed by atoms with Crippen LogP contribution in [0.2, 0.25) is 0 Å². The van der Waals surface area contributed by atoms with Crippen LogP contribution in [0.4, 0.5) is 0 Å². The first-order chi connectivity index (χ1) is 5.58. The van der Waals surface area contributed by atoms with Gasteiger partial charge in [0, 0.05) is 0 Å². The molecule has 66 valence electrons. The van der Waals surface area contributed by atoms with Crippen molar-refractivity contribution in [2.24, 2.45) is 5.41 Å². The number of carboxylic acids is 1. The van der Waals surface area contributed by atoms with Gasteiger partial charge in [-0.05, 0) is 0 Å². The van der Waals surface area contributed by atoms with E-state index in [1.54, 1.807) is 0 Å². The van der Waals surface area contributed by atoms with Gasteiger partial charge < -0.3 is 0 Å². The van der Waals surface area contributed by atoms with Gasteiger partial charge in [0.2, 0.25) is 0 Å². The molecule has 0 aromatic heterocycles. The van der Waals surface area contributed by atoms with Gasteiger partial charge in [0.25, 0.3) is 0 Å². The number of rotatable bonds is 2. The van der Waals surface area contributed by atoms with Crippen LogP contribution in [-0.2, 0) is 7.48 Å². The standard InChI is InChI=1S/C8H13O3.Tl/c1-8(7(10)11)4-2-6(9)3-5-8;/h6H,2-5H2,1H3,(H,10,11);/q-1;+1. The third-order valence-electron chi connectivity index (χ3n) is 2.74. The van der Waals surface area contributed by atoms with Crippen molar-refractivity contribution in [2.75, 3.05) is 0 Å². The molecule has 0 bridgehead atoms. The molecule has 0 aromatic carbocycles. The molecule has 0 spiro atoms. The zero-order valence-electron chi connectivity index (χ0n) is 7.25. The minimum atomic E-state index is -0.656. The van der Waals surface area contributed by atoms with Crippen molar-refractivity contribution in [2.45, 2.75) is 38.7 Å². The Morgan fingerprint density at radius 3 is 2.42 bits per heavy atom. The Hall–Kier alpha value is 0.352. The van der Waals surface area contributed by atoms with E-state index >= 15 is 0 Å². The molecule has 3 nitrogen and oxygen atoms in total. The zero-order valence-corrected chi connectivity index (χ0v) is 11.7. The van der Waals surface area contributed by atoms with E-state index in [4.69, 9.17) is 7.79 Å². The van der Waals surface area contributed by atoms with Gasteiger partial charge in [0.1, 0.15) is 0 Å². The van der Waals surface area contributed by atoms with Crippen LogP contribution in [0.3, 0.4) is 0 Å². The summed E-state index contributed by atoms with van der Waals surface area (Å²) in [6, 6.07) is 0. The molecule has 12 heavy (non-hydrogen) atoms. The van der Waals surface area contributed by atoms with Gasteiger partial charge in [0.15, 0.2) is 0 Å². The molecule has 1 saturated carbocycles. The Labute approximate surface area is 88.8 Å². The molecule has 0 saturated heterocycles. The minimum absolute atomic E-state index is 0.349. The first-order valence-corrected chi connectivity index (χ1v) is 6.01. The summed E-state index contributed by atoms with van der Waals surface area (Å²) in [4.78, 5) is 10.8. The molecule has 0 atom stereocenters. The first-order valence-electron chi connectivity index (χ1n) is 4.17. The second-order valence-electron chi connectivity index (χ2n) is 3.70. The van der Waals surface area contributed by atoms with E-state index in [0.717, 1.165) is 25.7 Å². The van der Waals surface area contributed by atoms with Gasteiger partial charge in [-0.15, -0.1) is 0 Å². The first kappa shape index (κ1) is 10.4. The van der Waals surface area contributed by atoms with Gasteiger partial charge in [-0.1, -0.05) is 0 Å². The number of aliphatic carboxylic acids is 1. The maximum absolute atomic E-state index is 10.8. The predicted octanol–water partition coefficient (Wildman–Crippen LogP) is 1.12. The molecule has 1 aliphatic carbocycles. The number of carbonyl (C=O) groups is 1. The second-order valence-corrected chi connectivity index (χ2v) is 4.76. The van der Waals surface area contributed by atoms with E-state index in [0.29, 0.717) is 32.3 Å². The summed E-state index contributed by atoms with van der Waals surface area (Å²) in [6.45, 7) is 1.83. The van der Waals surface area contributed by atoms with Crippen LogP contribution >= 0.6 is 0 Å². The Bertz CT molecular complexity index is 173. The summed E-state index contributed by atoms with van der Waals surface area (Å²) in [6.07, 6.45) is 3.71. The molecular formula is C8H13O3Tl. The van der Waals surface area contributed by atoms with Crippen molar-refractivity contribution >= 4 is 32.2 Å². The third-order valence-corrected chi connectivity index (χ3v) is 4.24. The molecule has 4 heteroatoms. The van der Waals surface area contributed by atoms with Crippen molar-refractivity contribution in [3.8, 4) is 0 Å². The van der Waals surface area contributed by atoms with Crippen molar-refractivity contribution in [1.29, 1.82) is 0 Å². The Balaban J connectivity index is 2.49. The van der Waals surface area contributed by atoms with E-state index in [9.17, 15) is 4.79 Å². The van der Waals surface area contributed by atoms with Crippen molar-refractivity contribution < 1.29 is 12.6 Å². The third kappa shape index (κ3) is 2.19. The van der Waals surface area contributed by atoms with Gasteiger partial charge in [-0.3, -0.25) is 0 Å². The van der Waals surface area contributed by atoms with Crippen LogP contribution in [-0.4, -0.2) is 43.4 Å². The summed E-state index contributed by atoms with van der Waals surface area (Å²) < 4.78 is 5.34. The molecule has 0 aromatic rings. The van der Waals surface area contributed by atoms with Crippen molar-refractivity contribution in [3.05, 3.63) is 0 Å². The molecule has 0 aliphatic heterocycles. The van der Waals surface area contributed by atoms with Crippen LogP contribution in [0, 0.1) is 5.41 Å². The normalized spacial score (nSPS) is 36.2. The van der Waals surface area contributed by atoms with Gasteiger partial charge in [0.05, 0.1) is 0 Å². The van der Waals surface area contributed by atoms with Crippen molar-refractivity contribution in [1.82, 2.24) is 0 Å². The molecule has 0 heterocycles. The average molecular weight is 362 g/mol. The summed E-state index contributed by atoms with van der Waals surface area (Å²) in [5, 5.41) is 8.93. The molecule has 0 unspecified atom stereocenters. The Morgan fingerprint density at radius 1 is 1.58 bits per heavy atom. The molecule has 0 amide bonds. The van der Waals surface area contributed by atoms with Gasteiger partial charge in [-0.2, -0.15) is 0 Å². The second kappa shape index (κ2) is 4.04. The summed E-state index contributed by atoms with van der Waals surface area (Å²) >= 11 is 0.578. The van der Waals surface area contributed by atoms with E-state index in [1.807, 2.05) is 6.92 Å². The fraction of sp³-hybridized carbons (Fsp3) is 0.875. The zero-order chi connectivity index (χ0) is 9.19. The topological polar surface area (TPSA) is 46.5 Å². The quantitative estimate of drug-likeness (QED) is 0.750. The van der Waals surface area contributed by atoms with Gasteiger partial charge >= 0.3 is 88.9 Å².